The Morgan fingerprint density at radius 2 is 2.06 bits per heavy atom. The summed E-state index contributed by atoms with van der Waals surface area (Å²) in [5, 5.41) is 14.0. The minimum atomic E-state index is 0.331. The fraction of sp³-hybridized carbons (Fsp3) is 0.429. The summed E-state index contributed by atoms with van der Waals surface area (Å²) in [4.78, 5) is 0. The second kappa shape index (κ2) is 4.80. The van der Waals surface area contributed by atoms with Crippen molar-refractivity contribution in [3.05, 3.63) is 30.0 Å². The van der Waals surface area contributed by atoms with E-state index in [1.54, 1.807) is 6.07 Å². The van der Waals surface area contributed by atoms with E-state index in [-0.39, 0.29) is 0 Å². The molecule has 0 fully saturated rings. The molecule has 0 saturated heterocycles. The van der Waals surface area contributed by atoms with Crippen LogP contribution in [0.3, 0.4) is 0 Å². The summed E-state index contributed by atoms with van der Waals surface area (Å²) in [5.74, 6) is 0.331. The predicted octanol–water partition coefficient (Wildman–Crippen LogP) is 2.69. The summed E-state index contributed by atoms with van der Waals surface area (Å²) >= 11 is 0. The van der Waals surface area contributed by atoms with Crippen LogP contribution in [0, 0.1) is 0 Å². The summed E-state index contributed by atoms with van der Waals surface area (Å²) in [6.45, 7) is 5.31. The van der Waals surface area contributed by atoms with Gasteiger partial charge in [0, 0.05) is 36.2 Å². The second-order valence-electron chi connectivity index (χ2n) is 4.70. The van der Waals surface area contributed by atoms with Gasteiger partial charge in [-0.25, -0.2) is 0 Å². The van der Waals surface area contributed by atoms with E-state index < -0.39 is 0 Å². The van der Waals surface area contributed by atoms with Crippen LogP contribution >= 0.6 is 0 Å². The number of hydrogen-bond donors (Lipinski definition) is 2. The van der Waals surface area contributed by atoms with Gasteiger partial charge in [0.1, 0.15) is 5.75 Å². The standard InChI is InChI=1S/C14H20N2O/c1-10(2)16-12(6-7-15-3)8-11-4-5-13(17)9-14(11)16/h4-5,8-10,15,17H,6-7H2,1-3H3. The summed E-state index contributed by atoms with van der Waals surface area (Å²) in [6, 6.07) is 8.19. The first kappa shape index (κ1) is 12.0. The number of nitrogens with one attached hydrogen (secondary N) is 1. The molecule has 1 heterocycles. The van der Waals surface area contributed by atoms with Crippen LogP contribution in [0.2, 0.25) is 0 Å². The number of fused-ring (bicyclic) bond motifs is 1. The monoisotopic (exact) mass is 232 g/mol. The Bertz CT molecular complexity index is 514. The van der Waals surface area contributed by atoms with E-state index in [1.165, 1.54) is 11.1 Å². The van der Waals surface area contributed by atoms with E-state index >= 15 is 0 Å². The van der Waals surface area contributed by atoms with Crippen LogP contribution in [0.25, 0.3) is 10.9 Å². The lowest BCUT2D eigenvalue weighted by atomic mass is 10.2. The molecule has 0 unspecified atom stereocenters. The van der Waals surface area contributed by atoms with Gasteiger partial charge in [0.05, 0.1) is 5.52 Å². The maximum absolute atomic E-state index is 9.60. The quantitative estimate of drug-likeness (QED) is 0.850. The zero-order valence-corrected chi connectivity index (χ0v) is 10.7. The van der Waals surface area contributed by atoms with E-state index in [1.807, 2.05) is 19.2 Å². The van der Waals surface area contributed by atoms with E-state index in [4.69, 9.17) is 0 Å². The van der Waals surface area contributed by atoms with Crippen molar-refractivity contribution in [2.45, 2.75) is 26.3 Å². The molecule has 0 saturated carbocycles. The lowest BCUT2D eigenvalue weighted by Gasteiger charge is -2.14. The van der Waals surface area contributed by atoms with Gasteiger partial charge in [0.25, 0.3) is 0 Å². The van der Waals surface area contributed by atoms with Gasteiger partial charge >= 0.3 is 0 Å². The van der Waals surface area contributed by atoms with Crippen LogP contribution in [0.1, 0.15) is 25.6 Å². The van der Waals surface area contributed by atoms with E-state index in [0.29, 0.717) is 11.8 Å². The molecule has 0 aliphatic rings. The SMILES string of the molecule is CNCCc1cc2ccc(O)cc2n1C(C)C. The molecule has 2 N–H and O–H groups in total. The number of rotatable bonds is 4. The molecule has 1 aromatic heterocycles. The third-order valence-electron chi connectivity index (χ3n) is 3.05. The minimum Gasteiger partial charge on any atom is -0.508 e. The number of benzene rings is 1. The minimum absolute atomic E-state index is 0.331. The molecule has 0 aliphatic heterocycles. The number of phenols is 1. The van der Waals surface area contributed by atoms with E-state index in [9.17, 15) is 5.11 Å². The lowest BCUT2D eigenvalue weighted by molar-refractivity contribution is 0.475. The number of likely N-dealkylation sites (N-methyl/N-ethyl adjacent to an activating group) is 1. The van der Waals surface area contributed by atoms with Crippen molar-refractivity contribution in [2.24, 2.45) is 0 Å². The summed E-state index contributed by atoms with van der Waals surface area (Å²) in [6.07, 6.45) is 1.00. The number of hydrogen-bond acceptors (Lipinski definition) is 2. The third kappa shape index (κ3) is 2.29. The van der Waals surface area contributed by atoms with Gasteiger partial charge < -0.3 is 15.0 Å². The van der Waals surface area contributed by atoms with Crippen molar-refractivity contribution < 1.29 is 5.11 Å². The second-order valence-corrected chi connectivity index (χ2v) is 4.70. The molecule has 2 aromatic rings. The van der Waals surface area contributed by atoms with Crippen LogP contribution in [-0.2, 0) is 6.42 Å². The molecule has 0 bridgehead atoms. The molecule has 17 heavy (non-hydrogen) atoms. The van der Waals surface area contributed by atoms with E-state index in [2.05, 4.69) is 29.8 Å². The van der Waals surface area contributed by atoms with Gasteiger partial charge in [0.2, 0.25) is 0 Å². The number of phenolic OH excluding ortho intramolecular Hbond substituents is 1. The van der Waals surface area contributed by atoms with Gasteiger partial charge in [-0.1, -0.05) is 0 Å². The molecule has 0 aliphatic carbocycles. The zero-order chi connectivity index (χ0) is 12.4. The van der Waals surface area contributed by atoms with Crippen molar-refractivity contribution in [1.29, 1.82) is 0 Å². The molecule has 0 amide bonds. The van der Waals surface area contributed by atoms with Crippen molar-refractivity contribution in [3.8, 4) is 5.75 Å². The lowest BCUT2D eigenvalue weighted by Crippen LogP contribution is -2.14. The molecule has 2 rings (SSSR count). The van der Waals surface area contributed by atoms with Gasteiger partial charge in [-0.3, -0.25) is 0 Å². The Labute approximate surface area is 102 Å². The van der Waals surface area contributed by atoms with Crippen LogP contribution < -0.4 is 5.32 Å². The highest BCUT2D eigenvalue weighted by Gasteiger charge is 2.11. The van der Waals surface area contributed by atoms with E-state index in [0.717, 1.165) is 18.5 Å². The summed E-state index contributed by atoms with van der Waals surface area (Å²) in [7, 11) is 1.97. The zero-order valence-electron chi connectivity index (χ0n) is 10.7. The van der Waals surface area contributed by atoms with Crippen LogP contribution in [0.15, 0.2) is 24.3 Å². The molecule has 3 heteroatoms. The Kier molecular flexibility index (Phi) is 3.38. The largest absolute Gasteiger partial charge is 0.508 e. The Morgan fingerprint density at radius 3 is 2.71 bits per heavy atom. The average molecular weight is 232 g/mol. The maximum atomic E-state index is 9.60. The maximum Gasteiger partial charge on any atom is 0.117 e. The number of nitrogens with zero attached hydrogens (tertiary/aromatic N) is 1. The van der Waals surface area contributed by atoms with Gasteiger partial charge in [0.15, 0.2) is 0 Å². The molecular weight excluding hydrogens is 212 g/mol. The van der Waals surface area contributed by atoms with Crippen LogP contribution in [0.4, 0.5) is 0 Å². The summed E-state index contributed by atoms with van der Waals surface area (Å²) in [5.41, 5.74) is 2.43. The summed E-state index contributed by atoms with van der Waals surface area (Å²) < 4.78 is 2.30. The number of aromatic nitrogens is 1. The van der Waals surface area contributed by atoms with Crippen LogP contribution in [0.5, 0.6) is 5.75 Å². The fourth-order valence-corrected chi connectivity index (χ4v) is 2.32. The number of aromatic hydroxyl groups is 1. The van der Waals surface area contributed by atoms with Crippen molar-refractivity contribution in [2.75, 3.05) is 13.6 Å². The van der Waals surface area contributed by atoms with Crippen molar-refractivity contribution in [3.63, 3.8) is 0 Å². The first-order valence-electron chi connectivity index (χ1n) is 6.11. The fourth-order valence-electron chi connectivity index (χ4n) is 2.32. The molecule has 3 nitrogen and oxygen atoms in total. The highest BCUT2D eigenvalue weighted by Crippen LogP contribution is 2.27. The molecule has 92 valence electrons. The Balaban J connectivity index is 2.54. The topological polar surface area (TPSA) is 37.2 Å². The molecule has 0 radical (unpaired) electrons. The third-order valence-corrected chi connectivity index (χ3v) is 3.05. The molecule has 0 spiro atoms. The Morgan fingerprint density at radius 1 is 1.29 bits per heavy atom. The van der Waals surface area contributed by atoms with Gasteiger partial charge in [-0.05, 0) is 39.1 Å². The predicted molar refractivity (Wildman–Crippen MR) is 71.6 cm³/mol. The average Bonchev–Trinajstić information content (AvgIpc) is 2.63. The van der Waals surface area contributed by atoms with Crippen molar-refractivity contribution in [1.82, 2.24) is 9.88 Å². The first-order valence-corrected chi connectivity index (χ1v) is 6.11. The van der Waals surface area contributed by atoms with Gasteiger partial charge in [-0.15, -0.1) is 0 Å². The van der Waals surface area contributed by atoms with Crippen molar-refractivity contribution >= 4 is 10.9 Å². The smallest absolute Gasteiger partial charge is 0.117 e. The molecule has 0 atom stereocenters. The normalized spacial score (nSPS) is 11.5. The molecular formula is C14H20N2O. The van der Waals surface area contributed by atoms with Gasteiger partial charge in [-0.2, -0.15) is 0 Å². The Hall–Kier alpha value is -1.48. The first-order chi connectivity index (χ1) is 8.13. The highest BCUT2D eigenvalue weighted by atomic mass is 16.3. The molecule has 1 aromatic carbocycles. The van der Waals surface area contributed by atoms with Crippen LogP contribution in [-0.4, -0.2) is 23.3 Å². The highest BCUT2D eigenvalue weighted by molar-refractivity contribution is 5.83.